The van der Waals surface area contributed by atoms with Crippen molar-refractivity contribution in [3.63, 3.8) is 0 Å². The largest absolute Gasteiger partial charge is 0.469 e. The normalized spacial score (nSPS) is 10.1. The van der Waals surface area contributed by atoms with E-state index in [-0.39, 0.29) is 28.9 Å². The number of halogens is 2. The number of methoxy groups -OCH3 is 1. The lowest BCUT2D eigenvalue weighted by atomic mass is 10.2. The van der Waals surface area contributed by atoms with Crippen molar-refractivity contribution in [1.82, 2.24) is 4.90 Å². The molecule has 0 aromatic heterocycles. The first-order valence-electron chi connectivity index (χ1n) is 5.73. The molecule has 1 rings (SSSR count). The highest BCUT2D eigenvalue weighted by Gasteiger charge is 2.15. The molecule has 104 valence electrons. The van der Waals surface area contributed by atoms with E-state index < -0.39 is 5.82 Å². The number of ether oxygens (including phenoxy) is 1. The van der Waals surface area contributed by atoms with E-state index in [9.17, 15) is 14.0 Å². The average molecular weight is 288 g/mol. The Kier molecular flexibility index (Phi) is 5.76. The first kappa shape index (κ1) is 15.4. The Morgan fingerprint density at radius 2 is 2.11 bits per heavy atom. The van der Waals surface area contributed by atoms with E-state index in [2.05, 4.69) is 4.74 Å². The van der Waals surface area contributed by atoms with Gasteiger partial charge in [-0.05, 0) is 24.6 Å². The summed E-state index contributed by atoms with van der Waals surface area (Å²) < 4.78 is 17.4. The maximum Gasteiger partial charge on any atom is 0.305 e. The molecule has 0 unspecified atom stereocenters. The molecule has 0 spiro atoms. The average Bonchev–Trinajstić information content (AvgIpc) is 2.37. The van der Waals surface area contributed by atoms with Gasteiger partial charge in [0.1, 0.15) is 5.82 Å². The summed E-state index contributed by atoms with van der Waals surface area (Å²) in [5.41, 5.74) is 0.239. The third kappa shape index (κ3) is 4.52. The Morgan fingerprint density at radius 1 is 1.42 bits per heavy atom. The summed E-state index contributed by atoms with van der Waals surface area (Å²) >= 11 is 5.81. The molecule has 0 aliphatic rings. The minimum Gasteiger partial charge on any atom is -0.469 e. The predicted octanol–water partition coefficient (Wildman–Crippen LogP) is 2.50. The number of esters is 1. The zero-order valence-electron chi connectivity index (χ0n) is 10.8. The molecule has 0 bridgehead atoms. The SMILES string of the molecule is COC(=O)CCCN(C)C(=O)c1ccc(F)cc1Cl. The predicted molar refractivity (Wildman–Crippen MR) is 69.6 cm³/mol. The molecule has 19 heavy (non-hydrogen) atoms. The number of carbonyl (C=O) groups is 2. The summed E-state index contributed by atoms with van der Waals surface area (Å²) in [7, 11) is 2.91. The lowest BCUT2D eigenvalue weighted by Crippen LogP contribution is -2.28. The van der Waals surface area contributed by atoms with E-state index in [0.29, 0.717) is 13.0 Å². The number of benzene rings is 1. The second kappa shape index (κ2) is 7.09. The van der Waals surface area contributed by atoms with Gasteiger partial charge in [-0.15, -0.1) is 0 Å². The van der Waals surface area contributed by atoms with Gasteiger partial charge in [-0.25, -0.2) is 4.39 Å². The fourth-order valence-electron chi connectivity index (χ4n) is 1.53. The van der Waals surface area contributed by atoms with Gasteiger partial charge in [-0.2, -0.15) is 0 Å². The third-order valence-electron chi connectivity index (χ3n) is 2.61. The molecule has 0 saturated heterocycles. The molecule has 4 nitrogen and oxygen atoms in total. The first-order chi connectivity index (χ1) is 8.95. The van der Waals surface area contributed by atoms with Gasteiger partial charge in [-0.3, -0.25) is 9.59 Å². The van der Waals surface area contributed by atoms with Crippen LogP contribution in [-0.2, 0) is 9.53 Å². The zero-order valence-corrected chi connectivity index (χ0v) is 11.5. The third-order valence-corrected chi connectivity index (χ3v) is 2.92. The minimum atomic E-state index is -0.491. The second-order valence-corrected chi connectivity index (χ2v) is 4.44. The molecule has 0 heterocycles. The van der Waals surface area contributed by atoms with Crippen LogP contribution in [0, 0.1) is 5.82 Å². The van der Waals surface area contributed by atoms with Crippen LogP contribution >= 0.6 is 11.6 Å². The Labute approximate surface area is 116 Å². The minimum absolute atomic E-state index is 0.0739. The van der Waals surface area contributed by atoms with Crippen molar-refractivity contribution in [3.05, 3.63) is 34.6 Å². The summed E-state index contributed by atoms with van der Waals surface area (Å²) in [5, 5.41) is 0.0739. The monoisotopic (exact) mass is 287 g/mol. The fourth-order valence-corrected chi connectivity index (χ4v) is 1.78. The maximum absolute atomic E-state index is 12.9. The highest BCUT2D eigenvalue weighted by atomic mass is 35.5. The topological polar surface area (TPSA) is 46.6 Å². The van der Waals surface area contributed by atoms with Crippen LogP contribution in [0.4, 0.5) is 4.39 Å². The van der Waals surface area contributed by atoms with Gasteiger partial charge in [0.25, 0.3) is 5.91 Å². The number of nitrogens with zero attached hydrogens (tertiary/aromatic N) is 1. The van der Waals surface area contributed by atoms with Crippen LogP contribution in [0.15, 0.2) is 18.2 Å². The lowest BCUT2D eigenvalue weighted by Gasteiger charge is -2.17. The van der Waals surface area contributed by atoms with Crippen LogP contribution in [0.2, 0.25) is 5.02 Å². The molecule has 6 heteroatoms. The Morgan fingerprint density at radius 3 is 2.68 bits per heavy atom. The first-order valence-corrected chi connectivity index (χ1v) is 6.11. The van der Waals surface area contributed by atoms with E-state index in [1.165, 1.54) is 24.1 Å². The van der Waals surface area contributed by atoms with E-state index in [1.54, 1.807) is 7.05 Å². The summed E-state index contributed by atoms with van der Waals surface area (Å²) in [6, 6.07) is 3.62. The van der Waals surface area contributed by atoms with Crippen LogP contribution in [0.5, 0.6) is 0 Å². The van der Waals surface area contributed by atoms with Crippen molar-refractivity contribution < 1.29 is 18.7 Å². The molecule has 0 radical (unpaired) electrons. The number of hydrogen-bond acceptors (Lipinski definition) is 3. The molecule has 0 saturated carbocycles. The number of amides is 1. The van der Waals surface area contributed by atoms with Gasteiger partial charge in [0, 0.05) is 20.0 Å². The van der Waals surface area contributed by atoms with Gasteiger partial charge >= 0.3 is 5.97 Å². The number of rotatable bonds is 5. The van der Waals surface area contributed by atoms with Crippen molar-refractivity contribution in [1.29, 1.82) is 0 Å². The molecule has 0 aliphatic carbocycles. The maximum atomic E-state index is 12.9. The van der Waals surface area contributed by atoms with Crippen LogP contribution in [-0.4, -0.2) is 37.5 Å². The van der Waals surface area contributed by atoms with E-state index >= 15 is 0 Å². The quantitative estimate of drug-likeness (QED) is 0.782. The van der Waals surface area contributed by atoms with Crippen LogP contribution in [0.25, 0.3) is 0 Å². The van der Waals surface area contributed by atoms with Crippen molar-refractivity contribution >= 4 is 23.5 Å². The summed E-state index contributed by atoms with van der Waals surface area (Å²) in [4.78, 5) is 24.4. The highest BCUT2D eigenvalue weighted by molar-refractivity contribution is 6.33. The van der Waals surface area contributed by atoms with E-state index in [4.69, 9.17) is 11.6 Å². The van der Waals surface area contributed by atoms with E-state index in [1.807, 2.05) is 0 Å². The summed E-state index contributed by atoms with van der Waals surface area (Å²) in [5.74, 6) is -1.12. The van der Waals surface area contributed by atoms with E-state index in [0.717, 1.165) is 6.07 Å². The van der Waals surface area contributed by atoms with Gasteiger partial charge in [-0.1, -0.05) is 11.6 Å². The zero-order chi connectivity index (χ0) is 14.4. The van der Waals surface area contributed by atoms with Gasteiger partial charge in [0.2, 0.25) is 0 Å². The molecule has 0 fully saturated rings. The Bertz CT molecular complexity index is 479. The van der Waals surface area contributed by atoms with Crippen molar-refractivity contribution in [2.45, 2.75) is 12.8 Å². The van der Waals surface area contributed by atoms with Crippen molar-refractivity contribution in [2.75, 3.05) is 20.7 Å². The Balaban J connectivity index is 2.59. The standard InChI is InChI=1S/C13H15ClFNO3/c1-16(7-3-4-12(17)19-2)13(18)10-6-5-9(15)8-11(10)14/h5-6,8H,3-4,7H2,1-2H3. The summed E-state index contributed by atoms with van der Waals surface area (Å²) in [6.07, 6.45) is 0.735. The number of hydrogen-bond donors (Lipinski definition) is 0. The molecular weight excluding hydrogens is 273 g/mol. The summed E-state index contributed by atoms with van der Waals surface area (Å²) in [6.45, 7) is 0.391. The van der Waals surface area contributed by atoms with Gasteiger partial charge in [0.05, 0.1) is 17.7 Å². The smallest absolute Gasteiger partial charge is 0.305 e. The molecule has 0 atom stereocenters. The van der Waals surface area contributed by atoms with Gasteiger partial charge in [0.15, 0.2) is 0 Å². The van der Waals surface area contributed by atoms with Crippen molar-refractivity contribution in [2.24, 2.45) is 0 Å². The van der Waals surface area contributed by atoms with Crippen molar-refractivity contribution in [3.8, 4) is 0 Å². The molecule has 0 aliphatic heterocycles. The molecule has 1 amide bonds. The molecule has 1 aromatic carbocycles. The molecular formula is C13H15ClFNO3. The molecule has 1 aromatic rings. The van der Waals surface area contributed by atoms with Crippen LogP contribution < -0.4 is 0 Å². The lowest BCUT2D eigenvalue weighted by molar-refractivity contribution is -0.140. The molecule has 0 N–H and O–H groups in total. The van der Waals surface area contributed by atoms with Crippen LogP contribution in [0.3, 0.4) is 0 Å². The highest BCUT2D eigenvalue weighted by Crippen LogP contribution is 2.18. The second-order valence-electron chi connectivity index (χ2n) is 4.03. The van der Waals surface area contributed by atoms with Gasteiger partial charge < -0.3 is 9.64 Å². The fraction of sp³-hybridized carbons (Fsp3) is 0.385. The van der Waals surface area contributed by atoms with Crippen LogP contribution in [0.1, 0.15) is 23.2 Å². The Hall–Kier alpha value is -1.62. The number of carbonyl (C=O) groups excluding carboxylic acids is 2.